The maximum absolute atomic E-state index is 5.96. The monoisotopic (exact) mass is 248 g/mol. The Kier molecular flexibility index (Phi) is 1710. The molecular weight excluding hydrogens is 221 g/mol. The molecule has 1 heteroatoms. The van der Waals surface area contributed by atoms with Crippen LogP contribution in [0.5, 0.6) is 0 Å². The molecular formula is C11H27Y-. The number of rotatable bonds is 0. The second kappa shape index (κ2) is 237. The van der Waals surface area contributed by atoms with Crippen molar-refractivity contribution in [1.29, 1.82) is 0 Å². The van der Waals surface area contributed by atoms with E-state index in [-0.39, 0.29) is 69.8 Å². The predicted molar refractivity (Wildman–Crippen MR) is 61.0 cm³/mol. The molecule has 0 saturated carbocycles. The van der Waals surface area contributed by atoms with Gasteiger partial charge in [-0.05, 0) is 13.8 Å². The van der Waals surface area contributed by atoms with Crippen molar-refractivity contribution in [3.63, 3.8) is 0 Å². The fraction of sp³-hybridized carbons (Fsp3) is 0.636. The first kappa shape index (κ1) is 86.3. The Labute approximate surface area is 108 Å². The summed E-state index contributed by atoms with van der Waals surface area (Å²) >= 11 is 0. The number of hydrogen-bond donors (Lipinski definition) is 0. The van der Waals surface area contributed by atoms with Gasteiger partial charge in [0.1, 0.15) is 0 Å². The quantitative estimate of drug-likeness (QED) is 0.440. The van der Waals surface area contributed by atoms with E-state index in [2.05, 4.69) is 12.3 Å². The third-order valence-corrected chi connectivity index (χ3v) is 0. The van der Waals surface area contributed by atoms with Crippen LogP contribution in [0, 0.1) is 24.7 Å². The van der Waals surface area contributed by atoms with Crippen molar-refractivity contribution in [2.75, 3.05) is 0 Å². The molecule has 0 heterocycles. The molecule has 12 heavy (non-hydrogen) atoms. The maximum Gasteiger partial charge on any atom is 0 e. The Balaban J connectivity index is -0.00000000296. The second-order valence-corrected chi connectivity index (χ2v) is 0.539. The minimum absolute atomic E-state index is 0. The van der Waals surface area contributed by atoms with Crippen LogP contribution in [-0.2, 0) is 32.7 Å². The summed E-state index contributed by atoms with van der Waals surface area (Å²) in [7, 11) is 0. The van der Waals surface area contributed by atoms with E-state index in [1.807, 2.05) is 5.92 Å². The first-order chi connectivity index (χ1) is 2.83. The van der Waals surface area contributed by atoms with E-state index in [0.717, 1.165) is 0 Å². The molecule has 0 aromatic heterocycles. The second-order valence-electron chi connectivity index (χ2n) is 0.539. The first-order valence-electron chi connectivity index (χ1n) is 1.54. The van der Waals surface area contributed by atoms with Crippen molar-refractivity contribution in [1.82, 2.24) is 0 Å². The normalized spacial score (nSPS) is 1.33. The molecule has 0 N–H and O–H groups in total. The van der Waals surface area contributed by atoms with Crippen molar-refractivity contribution in [2.45, 2.75) is 51.0 Å². The largest absolute Gasteiger partial charge is 0.694 e. The van der Waals surface area contributed by atoms with E-state index in [9.17, 15) is 0 Å². The molecule has 0 atom stereocenters. The topological polar surface area (TPSA) is 0 Å². The van der Waals surface area contributed by atoms with Crippen molar-refractivity contribution < 1.29 is 32.7 Å². The van der Waals surface area contributed by atoms with Crippen LogP contribution in [0.2, 0.25) is 0 Å². The van der Waals surface area contributed by atoms with Crippen molar-refractivity contribution in [3.05, 3.63) is 6.42 Å². The fourth-order valence-electron chi connectivity index (χ4n) is 0. The van der Waals surface area contributed by atoms with Gasteiger partial charge in [-0.2, -0.15) is 0 Å². The predicted octanol–water partition coefficient (Wildman–Crippen LogP) is 4.41. The summed E-state index contributed by atoms with van der Waals surface area (Å²) in [5.74, 6) is 4.25. The molecule has 0 amide bonds. The average Bonchev–Trinajstić information content (AvgIpc) is 1.39. The van der Waals surface area contributed by atoms with E-state index in [4.69, 9.17) is 6.42 Å². The maximum atomic E-state index is 5.96. The van der Waals surface area contributed by atoms with E-state index in [1.165, 1.54) is 0 Å². The molecule has 75 valence electrons. The summed E-state index contributed by atoms with van der Waals surface area (Å²) in [6, 6.07) is 0. The molecule has 0 fully saturated rings. The fourth-order valence-corrected chi connectivity index (χ4v) is 0. The molecule has 0 saturated heterocycles. The minimum Gasteiger partial charge on any atom is -0.694 e. The molecule has 0 bridgehead atoms. The van der Waals surface area contributed by atoms with Gasteiger partial charge in [-0.15, -0.1) is 12.3 Å². The third kappa shape index (κ3) is 17400. The van der Waals surface area contributed by atoms with Crippen molar-refractivity contribution >= 4 is 0 Å². The molecule has 0 unspecified atom stereocenters. The van der Waals surface area contributed by atoms with Gasteiger partial charge in [-0.25, -0.2) is 0 Å². The minimum atomic E-state index is 0. The van der Waals surface area contributed by atoms with Crippen molar-refractivity contribution in [2.24, 2.45) is 0 Å². The molecule has 0 nitrogen and oxygen atoms in total. The molecule has 0 aromatic carbocycles. The van der Waals surface area contributed by atoms with Gasteiger partial charge in [0.2, 0.25) is 0 Å². The summed E-state index contributed by atoms with van der Waals surface area (Å²) in [5, 5.41) is 0. The Bertz CT molecular complexity index is 60.0. The third-order valence-electron chi connectivity index (χ3n) is 0. The summed E-state index contributed by atoms with van der Waals surface area (Å²) in [4.78, 5) is 0. The molecule has 0 aromatic rings. The Morgan fingerprint density at radius 1 is 0.917 bits per heavy atom. The molecule has 1 radical (unpaired) electrons. The van der Waals surface area contributed by atoms with Gasteiger partial charge in [0.15, 0.2) is 0 Å². The number of hydrogen-bond acceptors (Lipinski definition) is 0. The smallest absolute Gasteiger partial charge is 0 e. The Morgan fingerprint density at radius 2 is 0.917 bits per heavy atom. The Hall–Kier alpha value is 0.224. The van der Waals surface area contributed by atoms with Gasteiger partial charge >= 0.3 is 0 Å². The van der Waals surface area contributed by atoms with Crippen LogP contribution in [0.25, 0.3) is 0 Å². The summed E-state index contributed by atoms with van der Waals surface area (Å²) in [5.41, 5.74) is 0. The van der Waals surface area contributed by atoms with Gasteiger partial charge in [-0.1, -0.05) is 37.1 Å². The van der Waals surface area contributed by atoms with Crippen molar-refractivity contribution in [3.8, 4) is 18.3 Å². The van der Waals surface area contributed by atoms with Crippen LogP contribution < -0.4 is 0 Å². The van der Waals surface area contributed by atoms with Crippen LogP contribution in [0.4, 0.5) is 0 Å². The first-order valence-corrected chi connectivity index (χ1v) is 1.54. The van der Waals surface area contributed by atoms with Gasteiger partial charge in [0, 0.05) is 32.7 Å². The van der Waals surface area contributed by atoms with Gasteiger partial charge in [-0.3, -0.25) is 0 Å². The van der Waals surface area contributed by atoms with Gasteiger partial charge in [0.05, 0.1) is 0 Å². The molecule has 0 aliphatic heterocycles. The van der Waals surface area contributed by atoms with E-state index >= 15 is 0 Å². The van der Waals surface area contributed by atoms with Crippen LogP contribution in [0.3, 0.4) is 0 Å². The van der Waals surface area contributed by atoms with Crippen LogP contribution >= 0.6 is 0 Å². The van der Waals surface area contributed by atoms with Crippen LogP contribution in [0.15, 0.2) is 0 Å². The SMILES string of the molecule is C.C.C.C.C.C#CC.[C-]#CC.[Y]. The van der Waals surface area contributed by atoms with E-state index in [1.54, 1.807) is 13.8 Å². The number of terminal acetylenes is 1. The zero-order chi connectivity index (χ0) is 5.41. The zero-order valence-corrected chi connectivity index (χ0v) is 7.49. The van der Waals surface area contributed by atoms with E-state index < -0.39 is 0 Å². The van der Waals surface area contributed by atoms with Crippen LogP contribution in [0.1, 0.15) is 51.0 Å². The average molecular weight is 248 g/mol. The van der Waals surface area contributed by atoms with Gasteiger partial charge in [0.25, 0.3) is 0 Å². The molecule has 0 spiro atoms. The zero-order valence-electron chi connectivity index (χ0n) is 4.65. The Morgan fingerprint density at radius 3 is 0.917 bits per heavy atom. The van der Waals surface area contributed by atoms with Gasteiger partial charge < -0.3 is 12.3 Å². The summed E-state index contributed by atoms with van der Waals surface area (Å²) < 4.78 is 0. The van der Waals surface area contributed by atoms with E-state index in [0.29, 0.717) is 0 Å². The summed E-state index contributed by atoms with van der Waals surface area (Å²) in [6.45, 7) is 3.19. The molecule has 0 aliphatic carbocycles. The standard InChI is InChI=1S/C3H4.C3H3.5CH4.Y/c2*1-3-2;;;;;;/h1H,2H3;1H3;5*1H4;/q;-1;;;;;;. The molecule has 0 rings (SSSR count). The molecule has 0 aliphatic rings. The van der Waals surface area contributed by atoms with Crippen LogP contribution in [-0.4, -0.2) is 0 Å². The summed E-state index contributed by atoms with van der Waals surface area (Å²) in [6.07, 6.45) is 10.6.